The van der Waals surface area contributed by atoms with Crippen LogP contribution in [0.1, 0.15) is 12.0 Å². The minimum absolute atomic E-state index is 0.179. The summed E-state index contributed by atoms with van der Waals surface area (Å²) in [5.41, 5.74) is 3.55. The van der Waals surface area contributed by atoms with Crippen molar-refractivity contribution in [1.29, 1.82) is 0 Å². The molecule has 1 heterocycles. The molecule has 1 aliphatic rings. The zero-order chi connectivity index (χ0) is 13.1. The minimum atomic E-state index is -0.179. The maximum absolute atomic E-state index is 12.9. The second-order valence-electron chi connectivity index (χ2n) is 4.85. The average molecular weight is 256 g/mol. The van der Waals surface area contributed by atoms with E-state index in [2.05, 4.69) is 28.4 Å². The third-order valence-electron chi connectivity index (χ3n) is 3.45. The van der Waals surface area contributed by atoms with Crippen molar-refractivity contribution >= 4 is 11.4 Å². The standard InChI is InChI=1S/C16H17FN2/c17-14-8-6-13(7-9-14)12-19-11-3-10-18-15-4-1-2-5-16(15)19/h1-2,4-9,18H,3,10-12H2. The molecule has 19 heavy (non-hydrogen) atoms. The van der Waals surface area contributed by atoms with Gasteiger partial charge in [0.25, 0.3) is 0 Å². The zero-order valence-electron chi connectivity index (χ0n) is 10.8. The first-order chi connectivity index (χ1) is 9.33. The van der Waals surface area contributed by atoms with Crippen LogP contribution >= 0.6 is 0 Å². The highest BCUT2D eigenvalue weighted by Gasteiger charge is 2.14. The Morgan fingerprint density at radius 1 is 1.05 bits per heavy atom. The number of halogens is 1. The van der Waals surface area contributed by atoms with Crippen molar-refractivity contribution in [2.45, 2.75) is 13.0 Å². The summed E-state index contributed by atoms with van der Waals surface area (Å²) in [6, 6.07) is 15.1. The van der Waals surface area contributed by atoms with Gasteiger partial charge in [-0.2, -0.15) is 0 Å². The van der Waals surface area contributed by atoms with E-state index in [4.69, 9.17) is 0 Å². The lowest BCUT2D eigenvalue weighted by atomic mass is 10.2. The normalized spacial score (nSPS) is 14.5. The van der Waals surface area contributed by atoms with Gasteiger partial charge >= 0.3 is 0 Å². The van der Waals surface area contributed by atoms with Gasteiger partial charge in [0.2, 0.25) is 0 Å². The first-order valence-electron chi connectivity index (χ1n) is 6.65. The molecular weight excluding hydrogens is 239 g/mol. The number of para-hydroxylation sites is 2. The van der Waals surface area contributed by atoms with Gasteiger partial charge in [-0.3, -0.25) is 0 Å². The predicted octanol–water partition coefficient (Wildman–Crippen LogP) is 3.65. The van der Waals surface area contributed by atoms with Crippen LogP contribution in [0.2, 0.25) is 0 Å². The van der Waals surface area contributed by atoms with Gasteiger partial charge in [-0.1, -0.05) is 24.3 Å². The SMILES string of the molecule is Fc1ccc(CN2CCCNc3ccccc32)cc1. The number of benzene rings is 2. The van der Waals surface area contributed by atoms with Crippen LogP contribution in [0.3, 0.4) is 0 Å². The zero-order valence-corrected chi connectivity index (χ0v) is 10.8. The van der Waals surface area contributed by atoms with Crippen LogP contribution < -0.4 is 10.2 Å². The summed E-state index contributed by atoms with van der Waals surface area (Å²) in [5.74, 6) is -0.179. The van der Waals surface area contributed by atoms with Crippen molar-refractivity contribution in [3.8, 4) is 0 Å². The maximum atomic E-state index is 12.9. The molecule has 0 saturated carbocycles. The molecule has 0 radical (unpaired) electrons. The largest absolute Gasteiger partial charge is 0.383 e. The molecule has 2 aromatic carbocycles. The molecule has 3 heteroatoms. The lowest BCUT2D eigenvalue weighted by molar-refractivity contribution is 0.626. The van der Waals surface area contributed by atoms with Gasteiger partial charge in [0.1, 0.15) is 5.82 Å². The van der Waals surface area contributed by atoms with Crippen molar-refractivity contribution in [3.05, 3.63) is 59.9 Å². The fourth-order valence-electron chi connectivity index (χ4n) is 2.49. The summed E-state index contributed by atoms with van der Waals surface area (Å²) in [6.45, 7) is 2.83. The van der Waals surface area contributed by atoms with Crippen LogP contribution in [0, 0.1) is 5.82 Å². The number of hydrogen-bond donors (Lipinski definition) is 1. The van der Waals surface area contributed by atoms with Crippen molar-refractivity contribution < 1.29 is 4.39 Å². The van der Waals surface area contributed by atoms with E-state index in [0.29, 0.717) is 0 Å². The van der Waals surface area contributed by atoms with Crippen molar-refractivity contribution in [1.82, 2.24) is 0 Å². The summed E-state index contributed by atoms with van der Waals surface area (Å²) in [5, 5.41) is 3.45. The number of nitrogens with one attached hydrogen (secondary N) is 1. The lowest BCUT2D eigenvalue weighted by Crippen LogP contribution is -2.23. The Morgan fingerprint density at radius 3 is 2.68 bits per heavy atom. The highest BCUT2D eigenvalue weighted by atomic mass is 19.1. The van der Waals surface area contributed by atoms with E-state index >= 15 is 0 Å². The van der Waals surface area contributed by atoms with Gasteiger partial charge in [0, 0.05) is 19.6 Å². The molecule has 1 N–H and O–H groups in total. The molecule has 0 atom stereocenters. The molecule has 1 aliphatic heterocycles. The molecule has 3 rings (SSSR count). The summed E-state index contributed by atoms with van der Waals surface area (Å²) < 4.78 is 12.9. The van der Waals surface area contributed by atoms with Crippen molar-refractivity contribution in [2.24, 2.45) is 0 Å². The van der Waals surface area contributed by atoms with Crippen LogP contribution in [0.15, 0.2) is 48.5 Å². The molecule has 0 amide bonds. The Labute approximate surface area is 112 Å². The lowest BCUT2D eigenvalue weighted by Gasteiger charge is -2.24. The number of hydrogen-bond acceptors (Lipinski definition) is 2. The van der Waals surface area contributed by atoms with Gasteiger partial charge in [-0.15, -0.1) is 0 Å². The number of nitrogens with zero attached hydrogens (tertiary/aromatic N) is 1. The molecule has 2 nitrogen and oxygen atoms in total. The quantitative estimate of drug-likeness (QED) is 0.882. The van der Waals surface area contributed by atoms with E-state index in [0.717, 1.165) is 31.6 Å². The molecule has 0 fully saturated rings. The highest BCUT2D eigenvalue weighted by molar-refractivity contribution is 5.70. The number of anilines is 2. The number of fused-ring (bicyclic) bond motifs is 1. The van der Waals surface area contributed by atoms with E-state index in [1.807, 2.05) is 18.2 Å². The van der Waals surface area contributed by atoms with Gasteiger partial charge in [-0.25, -0.2) is 4.39 Å². The van der Waals surface area contributed by atoms with E-state index in [9.17, 15) is 4.39 Å². The Bertz CT molecular complexity index is 551. The molecule has 0 spiro atoms. The maximum Gasteiger partial charge on any atom is 0.123 e. The summed E-state index contributed by atoms with van der Waals surface area (Å²) in [7, 11) is 0. The predicted molar refractivity (Wildman–Crippen MR) is 77.0 cm³/mol. The van der Waals surface area contributed by atoms with Crippen LogP contribution in [0.25, 0.3) is 0 Å². The van der Waals surface area contributed by atoms with Gasteiger partial charge < -0.3 is 10.2 Å². The molecule has 2 aromatic rings. The average Bonchev–Trinajstić information content (AvgIpc) is 2.64. The summed E-state index contributed by atoms with van der Waals surface area (Å²) in [6.07, 6.45) is 1.11. The van der Waals surface area contributed by atoms with Gasteiger partial charge in [0.15, 0.2) is 0 Å². The van der Waals surface area contributed by atoms with Crippen LogP contribution in [0.4, 0.5) is 15.8 Å². The minimum Gasteiger partial charge on any atom is -0.383 e. The van der Waals surface area contributed by atoms with Gasteiger partial charge in [-0.05, 0) is 36.2 Å². The Kier molecular flexibility index (Phi) is 3.36. The first kappa shape index (κ1) is 12.0. The monoisotopic (exact) mass is 256 g/mol. The third kappa shape index (κ3) is 2.70. The molecule has 0 aromatic heterocycles. The summed E-state index contributed by atoms with van der Waals surface area (Å²) in [4.78, 5) is 2.35. The third-order valence-corrected chi connectivity index (χ3v) is 3.45. The highest BCUT2D eigenvalue weighted by Crippen LogP contribution is 2.29. The van der Waals surface area contributed by atoms with E-state index in [1.54, 1.807) is 0 Å². The Morgan fingerprint density at radius 2 is 1.84 bits per heavy atom. The van der Waals surface area contributed by atoms with E-state index < -0.39 is 0 Å². The molecule has 0 aliphatic carbocycles. The van der Waals surface area contributed by atoms with Crippen molar-refractivity contribution in [3.63, 3.8) is 0 Å². The van der Waals surface area contributed by atoms with Crippen LogP contribution in [0.5, 0.6) is 0 Å². The topological polar surface area (TPSA) is 15.3 Å². The molecular formula is C16H17FN2. The fourth-order valence-corrected chi connectivity index (χ4v) is 2.49. The van der Waals surface area contributed by atoms with Gasteiger partial charge in [0.05, 0.1) is 11.4 Å². The molecule has 98 valence electrons. The van der Waals surface area contributed by atoms with E-state index in [1.165, 1.54) is 23.5 Å². The Balaban J connectivity index is 1.86. The van der Waals surface area contributed by atoms with E-state index in [-0.39, 0.29) is 5.82 Å². The first-order valence-corrected chi connectivity index (χ1v) is 6.65. The number of rotatable bonds is 2. The second-order valence-corrected chi connectivity index (χ2v) is 4.85. The molecule has 0 unspecified atom stereocenters. The Hall–Kier alpha value is -2.03. The van der Waals surface area contributed by atoms with Crippen LogP contribution in [-0.2, 0) is 6.54 Å². The summed E-state index contributed by atoms with van der Waals surface area (Å²) >= 11 is 0. The smallest absolute Gasteiger partial charge is 0.123 e. The second kappa shape index (κ2) is 5.31. The molecule has 0 bridgehead atoms. The van der Waals surface area contributed by atoms with Crippen molar-refractivity contribution in [2.75, 3.05) is 23.3 Å². The van der Waals surface area contributed by atoms with Crippen LogP contribution in [-0.4, -0.2) is 13.1 Å². The molecule has 0 saturated heterocycles. The fraction of sp³-hybridized carbons (Fsp3) is 0.250.